The molecule has 0 amide bonds. The molecule has 0 bridgehead atoms. The summed E-state index contributed by atoms with van der Waals surface area (Å²) in [5, 5.41) is 0. The molecule has 0 spiro atoms. The van der Waals surface area contributed by atoms with Crippen LogP contribution in [0.25, 0.3) is 0 Å². The fraction of sp³-hybridized carbons (Fsp3) is 0.455. The third kappa shape index (κ3) is 3.09. The van der Waals surface area contributed by atoms with Crippen molar-refractivity contribution >= 4 is 0 Å². The van der Waals surface area contributed by atoms with Crippen molar-refractivity contribution in [1.82, 2.24) is 0 Å². The first kappa shape index (κ1) is 11.1. The van der Waals surface area contributed by atoms with Crippen LogP contribution >= 0.6 is 0 Å². The van der Waals surface area contributed by atoms with Gasteiger partial charge in [-0.1, -0.05) is 12.1 Å². The van der Waals surface area contributed by atoms with Crippen molar-refractivity contribution in [2.24, 2.45) is 5.73 Å². The molecule has 2 N–H and O–H groups in total. The molecule has 0 radical (unpaired) electrons. The maximum Gasteiger partial charge on any atom is 0.126 e. The number of ether oxygens (including phenoxy) is 1. The van der Waals surface area contributed by atoms with E-state index >= 15 is 0 Å². The first-order valence-corrected chi connectivity index (χ1v) is 4.65. The van der Waals surface area contributed by atoms with Gasteiger partial charge in [-0.15, -0.1) is 0 Å². The normalized spacial score (nSPS) is 12.9. The fourth-order valence-electron chi connectivity index (χ4n) is 1.39. The van der Waals surface area contributed by atoms with Crippen LogP contribution in [-0.2, 0) is 17.8 Å². The predicted octanol–water partition coefficient (Wildman–Crippen LogP) is 1.86. The second kappa shape index (κ2) is 5.08. The largest absolute Gasteiger partial charge is 0.380 e. The minimum atomic E-state index is -0.192. The number of nitrogens with two attached hydrogens (primary N) is 1. The third-order valence-corrected chi connectivity index (χ3v) is 1.96. The highest BCUT2D eigenvalue weighted by atomic mass is 19.1. The summed E-state index contributed by atoms with van der Waals surface area (Å²) in [6, 6.07) is 4.97. The second-order valence-electron chi connectivity index (χ2n) is 3.54. The van der Waals surface area contributed by atoms with Crippen molar-refractivity contribution in [3.05, 3.63) is 35.1 Å². The van der Waals surface area contributed by atoms with Gasteiger partial charge in [-0.25, -0.2) is 4.39 Å². The summed E-state index contributed by atoms with van der Waals surface area (Å²) in [4.78, 5) is 0. The molecule has 1 atom stereocenters. The molecule has 1 unspecified atom stereocenters. The van der Waals surface area contributed by atoms with E-state index in [1.54, 1.807) is 13.2 Å². The van der Waals surface area contributed by atoms with Gasteiger partial charge in [0.1, 0.15) is 5.82 Å². The Hall–Kier alpha value is -0.930. The van der Waals surface area contributed by atoms with Gasteiger partial charge >= 0.3 is 0 Å². The van der Waals surface area contributed by atoms with Gasteiger partial charge in [0.2, 0.25) is 0 Å². The highest BCUT2D eigenvalue weighted by Gasteiger charge is 2.05. The topological polar surface area (TPSA) is 35.2 Å². The van der Waals surface area contributed by atoms with Crippen LogP contribution in [0.2, 0.25) is 0 Å². The van der Waals surface area contributed by atoms with Gasteiger partial charge in [0.05, 0.1) is 6.61 Å². The highest BCUT2D eigenvalue weighted by Crippen LogP contribution is 2.13. The van der Waals surface area contributed by atoms with E-state index in [1.807, 2.05) is 13.0 Å². The quantitative estimate of drug-likeness (QED) is 0.799. The zero-order valence-corrected chi connectivity index (χ0v) is 8.59. The lowest BCUT2D eigenvalue weighted by Crippen LogP contribution is -2.18. The number of halogens is 1. The standard InChI is InChI=1S/C11H16FNO/c1-8(13)5-10-6-9(7-14-2)3-4-11(10)12/h3-4,6,8H,5,7,13H2,1-2H3. The number of hydrogen-bond donors (Lipinski definition) is 1. The summed E-state index contributed by atoms with van der Waals surface area (Å²) >= 11 is 0. The van der Waals surface area contributed by atoms with E-state index in [2.05, 4.69) is 0 Å². The molecule has 3 heteroatoms. The maximum atomic E-state index is 13.3. The molecule has 0 saturated heterocycles. The van der Waals surface area contributed by atoms with Crippen LogP contribution in [0.4, 0.5) is 4.39 Å². The van der Waals surface area contributed by atoms with Gasteiger partial charge < -0.3 is 10.5 Å². The molecule has 0 aliphatic carbocycles. The van der Waals surface area contributed by atoms with E-state index in [0.717, 1.165) is 5.56 Å². The van der Waals surface area contributed by atoms with Crippen LogP contribution < -0.4 is 5.73 Å². The Bertz CT molecular complexity index is 299. The van der Waals surface area contributed by atoms with Crippen molar-refractivity contribution in [1.29, 1.82) is 0 Å². The smallest absolute Gasteiger partial charge is 0.126 e. The zero-order valence-electron chi connectivity index (χ0n) is 8.59. The summed E-state index contributed by atoms with van der Waals surface area (Å²) in [5.41, 5.74) is 7.26. The van der Waals surface area contributed by atoms with E-state index in [4.69, 9.17) is 10.5 Å². The Morgan fingerprint density at radius 1 is 1.50 bits per heavy atom. The third-order valence-electron chi connectivity index (χ3n) is 1.96. The van der Waals surface area contributed by atoms with E-state index in [1.165, 1.54) is 6.07 Å². The molecule has 0 heterocycles. The van der Waals surface area contributed by atoms with Crippen LogP contribution in [-0.4, -0.2) is 13.2 Å². The number of rotatable bonds is 4. The molecule has 1 rings (SSSR count). The number of methoxy groups -OCH3 is 1. The highest BCUT2D eigenvalue weighted by molar-refractivity contribution is 5.25. The Labute approximate surface area is 83.9 Å². The van der Waals surface area contributed by atoms with E-state index < -0.39 is 0 Å². The molecule has 0 saturated carbocycles. The van der Waals surface area contributed by atoms with Crippen LogP contribution in [0.3, 0.4) is 0 Å². The molecule has 0 aliphatic heterocycles. The lowest BCUT2D eigenvalue weighted by Gasteiger charge is -2.08. The minimum Gasteiger partial charge on any atom is -0.380 e. The Balaban J connectivity index is 2.84. The minimum absolute atomic E-state index is 0.0257. The molecular weight excluding hydrogens is 181 g/mol. The van der Waals surface area contributed by atoms with Gasteiger partial charge in [0, 0.05) is 13.2 Å². The number of hydrogen-bond acceptors (Lipinski definition) is 2. The van der Waals surface area contributed by atoms with Crippen LogP contribution in [0.5, 0.6) is 0 Å². The van der Waals surface area contributed by atoms with Gasteiger partial charge in [-0.05, 0) is 30.5 Å². The summed E-state index contributed by atoms with van der Waals surface area (Å²) in [5.74, 6) is -0.192. The van der Waals surface area contributed by atoms with E-state index in [9.17, 15) is 4.39 Å². The van der Waals surface area contributed by atoms with Crippen LogP contribution in [0.15, 0.2) is 18.2 Å². The molecule has 1 aromatic carbocycles. The summed E-state index contributed by atoms with van der Waals surface area (Å²) < 4.78 is 18.2. The predicted molar refractivity (Wildman–Crippen MR) is 54.5 cm³/mol. The first-order valence-electron chi connectivity index (χ1n) is 4.65. The van der Waals surface area contributed by atoms with Crippen LogP contribution in [0, 0.1) is 5.82 Å². The molecular formula is C11H16FNO. The van der Waals surface area contributed by atoms with Gasteiger partial charge in [0.15, 0.2) is 0 Å². The van der Waals surface area contributed by atoms with Gasteiger partial charge in [-0.2, -0.15) is 0 Å². The summed E-state index contributed by atoms with van der Waals surface area (Å²) in [7, 11) is 1.62. The molecule has 0 aromatic heterocycles. The lowest BCUT2D eigenvalue weighted by molar-refractivity contribution is 0.184. The molecule has 78 valence electrons. The molecule has 0 fully saturated rings. The maximum absolute atomic E-state index is 13.3. The monoisotopic (exact) mass is 197 g/mol. The van der Waals surface area contributed by atoms with Crippen molar-refractivity contribution in [3.8, 4) is 0 Å². The molecule has 14 heavy (non-hydrogen) atoms. The van der Waals surface area contributed by atoms with E-state index in [-0.39, 0.29) is 11.9 Å². The first-order chi connectivity index (χ1) is 6.63. The van der Waals surface area contributed by atoms with Crippen molar-refractivity contribution in [3.63, 3.8) is 0 Å². The second-order valence-corrected chi connectivity index (χ2v) is 3.54. The molecule has 1 aromatic rings. The van der Waals surface area contributed by atoms with Crippen molar-refractivity contribution in [2.75, 3.05) is 7.11 Å². The average molecular weight is 197 g/mol. The SMILES string of the molecule is COCc1ccc(F)c(CC(C)N)c1. The van der Waals surface area contributed by atoms with Gasteiger partial charge in [-0.3, -0.25) is 0 Å². The molecule has 0 aliphatic rings. The Morgan fingerprint density at radius 2 is 2.21 bits per heavy atom. The number of benzene rings is 1. The van der Waals surface area contributed by atoms with E-state index in [0.29, 0.717) is 18.6 Å². The summed E-state index contributed by atoms with van der Waals surface area (Å²) in [6.45, 7) is 2.37. The zero-order chi connectivity index (χ0) is 10.6. The lowest BCUT2D eigenvalue weighted by atomic mass is 10.0. The average Bonchev–Trinajstić information content (AvgIpc) is 2.10. The fourth-order valence-corrected chi connectivity index (χ4v) is 1.39. The van der Waals surface area contributed by atoms with Crippen molar-refractivity contribution < 1.29 is 9.13 Å². The Kier molecular flexibility index (Phi) is 4.04. The summed E-state index contributed by atoms with van der Waals surface area (Å²) in [6.07, 6.45) is 0.559. The van der Waals surface area contributed by atoms with Crippen LogP contribution in [0.1, 0.15) is 18.1 Å². The Morgan fingerprint density at radius 3 is 2.79 bits per heavy atom. The molecule has 2 nitrogen and oxygen atoms in total. The van der Waals surface area contributed by atoms with Gasteiger partial charge in [0.25, 0.3) is 0 Å². The van der Waals surface area contributed by atoms with Crippen molar-refractivity contribution in [2.45, 2.75) is 26.0 Å².